The Morgan fingerprint density at radius 2 is 2.00 bits per heavy atom. The van der Waals surface area contributed by atoms with Gasteiger partial charge in [-0.25, -0.2) is 14.4 Å². The van der Waals surface area contributed by atoms with Gasteiger partial charge in [0.2, 0.25) is 5.78 Å². The Balaban J connectivity index is 1.50. The van der Waals surface area contributed by atoms with Crippen LogP contribution in [-0.2, 0) is 0 Å². The molecule has 1 atom stereocenters. The minimum atomic E-state index is -0.254. The van der Waals surface area contributed by atoms with Gasteiger partial charge >= 0.3 is 0 Å². The molecule has 1 fully saturated rings. The number of carbonyl (C=O) groups excluding carboxylic acids is 1. The van der Waals surface area contributed by atoms with Crippen LogP contribution in [0.4, 0.5) is 4.39 Å². The lowest BCUT2D eigenvalue weighted by Crippen LogP contribution is -2.37. The Morgan fingerprint density at radius 3 is 2.73 bits per heavy atom. The molecule has 3 aromatic rings. The molecule has 0 spiro atoms. The van der Waals surface area contributed by atoms with Crippen LogP contribution in [0.3, 0.4) is 0 Å². The topological polar surface area (TPSA) is 62.5 Å². The predicted molar refractivity (Wildman–Crippen MR) is 95.3 cm³/mol. The summed E-state index contributed by atoms with van der Waals surface area (Å²) in [4.78, 5) is 23.2. The maximum Gasteiger partial charge on any atom is 0.271 e. The van der Waals surface area contributed by atoms with Crippen molar-refractivity contribution < 1.29 is 9.18 Å². The Kier molecular flexibility index (Phi) is 4.62. The molecule has 2 aromatic heterocycles. The predicted octanol–water partition coefficient (Wildman–Crippen LogP) is 2.44. The standard InChI is InChI=1S/C19H20FN5O/c20-15-6-4-14(5-7-15)17(24-9-1-2-10-24)12-22-18(26)16-13-25-11-3-8-21-19(25)23-16/h3-8,11,13,17H,1-2,9-10,12H2,(H,22,26). The molecule has 1 aliphatic rings. The molecule has 3 heterocycles. The summed E-state index contributed by atoms with van der Waals surface area (Å²) in [5.74, 6) is 0.00393. The Bertz CT molecular complexity index is 869. The van der Waals surface area contributed by atoms with E-state index in [9.17, 15) is 9.18 Å². The maximum atomic E-state index is 13.3. The molecule has 0 saturated carbocycles. The quantitative estimate of drug-likeness (QED) is 0.765. The van der Waals surface area contributed by atoms with Gasteiger partial charge < -0.3 is 5.32 Å². The molecule has 7 heteroatoms. The molecule has 1 aliphatic heterocycles. The minimum absolute atomic E-state index is 0.0252. The lowest BCUT2D eigenvalue weighted by molar-refractivity contribution is 0.0933. The fourth-order valence-electron chi connectivity index (χ4n) is 3.42. The molecule has 1 amide bonds. The van der Waals surface area contributed by atoms with E-state index < -0.39 is 0 Å². The highest BCUT2D eigenvalue weighted by Gasteiger charge is 2.24. The van der Waals surface area contributed by atoms with E-state index in [1.165, 1.54) is 12.1 Å². The summed E-state index contributed by atoms with van der Waals surface area (Å²) >= 11 is 0. The number of likely N-dealkylation sites (tertiary alicyclic amines) is 1. The number of amides is 1. The van der Waals surface area contributed by atoms with Crippen molar-refractivity contribution >= 4 is 11.7 Å². The third-order valence-electron chi connectivity index (χ3n) is 4.76. The van der Waals surface area contributed by atoms with E-state index in [-0.39, 0.29) is 17.8 Å². The molecule has 134 valence electrons. The first kappa shape index (κ1) is 16.7. The molecule has 0 radical (unpaired) electrons. The normalized spacial score (nSPS) is 16.0. The first-order valence-corrected chi connectivity index (χ1v) is 8.78. The van der Waals surface area contributed by atoms with Crippen molar-refractivity contribution in [2.24, 2.45) is 0 Å². The fourth-order valence-corrected chi connectivity index (χ4v) is 3.42. The number of aromatic nitrogens is 3. The number of hydrogen-bond donors (Lipinski definition) is 1. The number of halogens is 1. The van der Waals surface area contributed by atoms with Gasteiger partial charge in [-0.15, -0.1) is 0 Å². The number of nitrogens with one attached hydrogen (secondary N) is 1. The summed E-state index contributed by atoms with van der Waals surface area (Å²) in [6.07, 6.45) is 7.40. The van der Waals surface area contributed by atoms with E-state index in [0.717, 1.165) is 31.5 Å². The van der Waals surface area contributed by atoms with E-state index in [2.05, 4.69) is 20.2 Å². The summed E-state index contributed by atoms with van der Waals surface area (Å²) in [6, 6.07) is 8.33. The van der Waals surface area contributed by atoms with Gasteiger partial charge in [-0.1, -0.05) is 12.1 Å². The zero-order chi connectivity index (χ0) is 17.9. The smallest absolute Gasteiger partial charge is 0.271 e. The van der Waals surface area contributed by atoms with Crippen LogP contribution in [0, 0.1) is 5.82 Å². The number of hydrogen-bond acceptors (Lipinski definition) is 4. The second-order valence-electron chi connectivity index (χ2n) is 6.47. The summed E-state index contributed by atoms with van der Waals surface area (Å²) < 4.78 is 15.0. The SMILES string of the molecule is O=C(NCC(c1ccc(F)cc1)N1CCCC1)c1cn2cccnc2n1. The van der Waals surface area contributed by atoms with Gasteiger partial charge in [0, 0.05) is 25.1 Å². The third-order valence-corrected chi connectivity index (χ3v) is 4.76. The molecule has 4 rings (SSSR count). The van der Waals surface area contributed by atoms with Gasteiger partial charge in [-0.05, 0) is 49.7 Å². The zero-order valence-corrected chi connectivity index (χ0v) is 14.3. The Morgan fingerprint density at radius 1 is 1.23 bits per heavy atom. The number of nitrogens with zero attached hydrogens (tertiary/aromatic N) is 4. The molecule has 1 N–H and O–H groups in total. The van der Waals surface area contributed by atoms with Crippen molar-refractivity contribution in [1.82, 2.24) is 24.6 Å². The van der Waals surface area contributed by atoms with E-state index >= 15 is 0 Å². The lowest BCUT2D eigenvalue weighted by atomic mass is 10.1. The highest BCUT2D eigenvalue weighted by atomic mass is 19.1. The van der Waals surface area contributed by atoms with Gasteiger partial charge in [0.25, 0.3) is 5.91 Å². The van der Waals surface area contributed by atoms with E-state index in [1.54, 1.807) is 41.2 Å². The zero-order valence-electron chi connectivity index (χ0n) is 14.3. The van der Waals surface area contributed by atoms with Crippen LogP contribution in [0.2, 0.25) is 0 Å². The second kappa shape index (κ2) is 7.21. The van der Waals surface area contributed by atoms with Crippen molar-refractivity contribution in [3.05, 3.63) is 66.0 Å². The lowest BCUT2D eigenvalue weighted by Gasteiger charge is -2.28. The molecule has 1 unspecified atom stereocenters. The number of rotatable bonds is 5. The minimum Gasteiger partial charge on any atom is -0.349 e. The van der Waals surface area contributed by atoms with Gasteiger partial charge in [0.1, 0.15) is 11.5 Å². The van der Waals surface area contributed by atoms with Crippen LogP contribution in [0.5, 0.6) is 0 Å². The van der Waals surface area contributed by atoms with Crippen LogP contribution in [0.15, 0.2) is 48.9 Å². The average molecular weight is 353 g/mol. The molecule has 26 heavy (non-hydrogen) atoms. The summed E-state index contributed by atoms with van der Waals surface area (Å²) in [6.45, 7) is 2.41. The number of carbonyl (C=O) groups is 1. The van der Waals surface area contributed by atoms with Crippen LogP contribution in [0.1, 0.15) is 34.9 Å². The van der Waals surface area contributed by atoms with Crippen molar-refractivity contribution in [3.8, 4) is 0 Å². The van der Waals surface area contributed by atoms with Crippen molar-refractivity contribution in [2.45, 2.75) is 18.9 Å². The van der Waals surface area contributed by atoms with Crippen LogP contribution < -0.4 is 5.32 Å². The van der Waals surface area contributed by atoms with Gasteiger partial charge in [0.15, 0.2) is 0 Å². The monoisotopic (exact) mass is 353 g/mol. The third kappa shape index (κ3) is 3.43. The number of benzene rings is 1. The van der Waals surface area contributed by atoms with Crippen molar-refractivity contribution in [3.63, 3.8) is 0 Å². The van der Waals surface area contributed by atoms with E-state index in [1.807, 2.05) is 0 Å². The largest absolute Gasteiger partial charge is 0.349 e. The second-order valence-corrected chi connectivity index (χ2v) is 6.47. The Hall–Kier alpha value is -2.80. The average Bonchev–Trinajstić information content (AvgIpc) is 3.33. The van der Waals surface area contributed by atoms with Crippen molar-refractivity contribution in [1.29, 1.82) is 0 Å². The first-order chi connectivity index (χ1) is 12.7. The van der Waals surface area contributed by atoms with E-state index in [0.29, 0.717) is 18.0 Å². The molecule has 1 saturated heterocycles. The summed E-state index contributed by atoms with van der Waals surface area (Å²) in [7, 11) is 0. The number of imidazole rings is 1. The van der Waals surface area contributed by atoms with Crippen molar-refractivity contribution in [2.75, 3.05) is 19.6 Å². The molecule has 0 bridgehead atoms. The number of fused-ring (bicyclic) bond motifs is 1. The first-order valence-electron chi connectivity index (χ1n) is 8.78. The summed E-state index contributed by atoms with van der Waals surface area (Å²) in [5, 5.41) is 2.97. The molecular weight excluding hydrogens is 333 g/mol. The van der Waals surface area contributed by atoms with Gasteiger partial charge in [-0.2, -0.15) is 0 Å². The summed E-state index contributed by atoms with van der Waals surface area (Å²) in [5.41, 5.74) is 1.34. The molecular formula is C19H20FN5O. The van der Waals surface area contributed by atoms with Gasteiger partial charge in [0.05, 0.1) is 6.04 Å². The van der Waals surface area contributed by atoms with Crippen LogP contribution in [0.25, 0.3) is 5.78 Å². The van der Waals surface area contributed by atoms with Crippen LogP contribution in [-0.4, -0.2) is 44.8 Å². The fraction of sp³-hybridized carbons (Fsp3) is 0.316. The Labute approximate surface area is 150 Å². The molecule has 1 aromatic carbocycles. The van der Waals surface area contributed by atoms with E-state index in [4.69, 9.17) is 0 Å². The molecule has 6 nitrogen and oxygen atoms in total. The van der Waals surface area contributed by atoms with Gasteiger partial charge in [-0.3, -0.25) is 14.1 Å². The highest BCUT2D eigenvalue weighted by Crippen LogP contribution is 2.25. The molecule has 0 aliphatic carbocycles. The maximum absolute atomic E-state index is 13.3. The highest BCUT2D eigenvalue weighted by molar-refractivity contribution is 5.92. The van der Waals surface area contributed by atoms with Crippen LogP contribution >= 0.6 is 0 Å².